The fourth-order valence-corrected chi connectivity index (χ4v) is 3.06. The Bertz CT molecular complexity index is 384. The maximum absolute atomic E-state index is 9.38. The standard InChI is InChI=1S/C15H25NO2S/c1-4-16-15(10-19-9-13(18)8-17)14-7-11(2)5-6-12(14)3/h5-7,13,15-18H,4,8-10H2,1-3H3. The van der Waals surface area contributed by atoms with Gasteiger partial charge in [0.25, 0.3) is 0 Å². The molecule has 108 valence electrons. The van der Waals surface area contributed by atoms with Crippen LogP contribution >= 0.6 is 11.8 Å². The molecule has 1 aromatic carbocycles. The second-order valence-electron chi connectivity index (χ2n) is 4.84. The van der Waals surface area contributed by atoms with Crippen LogP contribution in [0.3, 0.4) is 0 Å². The first kappa shape index (κ1) is 16.5. The maximum Gasteiger partial charge on any atom is 0.0861 e. The van der Waals surface area contributed by atoms with Gasteiger partial charge in [0.2, 0.25) is 0 Å². The Balaban J connectivity index is 2.68. The van der Waals surface area contributed by atoms with E-state index in [0.29, 0.717) is 11.8 Å². The molecule has 0 spiro atoms. The summed E-state index contributed by atoms with van der Waals surface area (Å²) in [4.78, 5) is 0. The molecule has 3 N–H and O–H groups in total. The van der Waals surface area contributed by atoms with Gasteiger partial charge in [-0.15, -0.1) is 0 Å². The van der Waals surface area contributed by atoms with Crippen LogP contribution in [-0.2, 0) is 0 Å². The highest BCUT2D eigenvalue weighted by atomic mass is 32.2. The predicted molar refractivity (Wildman–Crippen MR) is 82.8 cm³/mol. The van der Waals surface area contributed by atoms with Crippen molar-refractivity contribution in [3.05, 3.63) is 34.9 Å². The molecule has 0 radical (unpaired) electrons. The van der Waals surface area contributed by atoms with Crippen molar-refractivity contribution in [1.29, 1.82) is 0 Å². The zero-order valence-electron chi connectivity index (χ0n) is 12.0. The monoisotopic (exact) mass is 283 g/mol. The van der Waals surface area contributed by atoms with Crippen LogP contribution in [-0.4, -0.2) is 41.0 Å². The summed E-state index contributed by atoms with van der Waals surface area (Å²) in [5.74, 6) is 1.47. The van der Waals surface area contributed by atoms with Crippen LogP contribution in [0.1, 0.15) is 29.7 Å². The minimum Gasteiger partial charge on any atom is -0.394 e. The summed E-state index contributed by atoms with van der Waals surface area (Å²) in [6.45, 7) is 7.09. The van der Waals surface area contributed by atoms with Crippen molar-refractivity contribution in [2.75, 3.05) is 24.7 Å². The number of rotatable bonds is 8. The molecule has 1 rings (SSSR count). The van der Waals surface area contributed by atoms with Gasteiger partial charge in [0.1, 0.15) is 0 Å². The van der Waals surface area contributed by atoms with Crippen LogP contribution in [0.25, 0.3) is 0 Å². The van der Waals surface area contributed by atoms with Gasteiger partial charge in [-0.25, -0.2) is 0 Å². The highest BCUT2D eigenvalue weighted by Crippen LogP contribution is 2.23. The molecule has 0 fully saturated rings. The number of aliphatic hydroxyl groups excluding tert-OH is 2. The predicted octanol–water partition coefficient (Wildman–Crippen LogP) is 2.04. The zero-order valence-corrected chi connectivity index (χ0v) is 12.8. The molecular formula is C15H25NO2S. The van der Waals surface area contributed by atoms with Crippen molar-refractivity contribution < 1.29 is 10.2 Å². The molecule has 0 bridgehead atoms. The molecule has 2 unspecified atom stereocenters. The van der Waals surface area contributed by atoms with Gasteiger partial charge in [0.05, 0.1) is 12.7 Å². The van der Waals surface area contributed by atoms with Gasteiger partial charge in [-0.1, -0.05) is 30.7 Å². The van der Waals surface area contributed by atoms with Gasteiger partial charge < -0.3 is 15.5 Å². The van der Waals surface area contributed by atoms with E-state index in [1.165, 1.54) is 16.7 Å². The number of aliphatic hydroxyl groups is 2. The lowest BCUT2D eigenvalue weighted by Gasteiger charge is -2.21. The van der Waals surface area contributed by atoms with E-state index in [2.05, 4.69) is 44.3 Å². The number of hydrogen-bond donors (Lipinski definition) is 3. The average molecular weight is 283 g/mol. The molecule has 0 aliphatic heterocycles. The summed E-state index contributed by atoms with van der Waals surface area (Å²) in [5, 5.41) is 21.7. The van der Waals surface area contributed by atoms with E-state index in [4.69, 9.17) is 5.11 Å². The highest BCUT2D eigenvalue weighted by molar-refractivity contribution is 7.99. The molecule has 0 saturated carbocycles. The van der Waals surface area contributed by atoms with Crippen molar-refractivity contribution in [3.63, 3.8) is 0 Å². The van der Waals surface area contributed by atoms with Gasteiger partial charge in [-0.2, -0.15) is 11.8 Å². The number of thioether (sulfide) groups is 1. The van der Waals surface area contributed by atoms with E-state index in [1.54, 1.807) is 11.8 Å². The normalized spacial score (nSPS) is 14.4. The second-order valence-corrected chi connectivity index (χ2v) is 5.92. The van der Waals surface area contributed by atoms with Crippen molar-refractivity contribution in [1.82, 2.24) is 5.32 Å². The third-order valence-corrected chi connectivity index (χ3v) is 4.26. The first-order chi connectivity index (χ1) is 9.08. The molecule has 2 atom stereocenters. The van der Waals surface area contributed by atoms with E-state index in [-0.39, 0.29) is 6.61 Å². The van der Waals surface area contributed by atoms with Crippen LogP contribution < -0.4 is 5.32 Å². The lowest BCUT2D eigenvalue weighted by molar-refractivity contribution is 0.113. The topological polar surface area (TPSA) is 52.5 Å². The highest BCUT2D eigenvalue weighted by Gasteiger charge is 2.14. The fourth-order valence-electron chi connectivity index (χ4n) is 2.02. The first-order valence-electron chi connectivity index (χ1n) is 6.75. The zero-order chi connectivity index (χ0) is 14.3. The Kier molecular flexibility index (Phi) is 7.46. The van der Waals surface area contributed by atoms with Crippen molar-refractivity contribution in [3.8, 4) is 0 Å². The molecule has 4 heteroatoms. The van der Waals surface area contributed by atoms with Gasteiger partial charge in [-0.3, -0.25) is 0 Å². The van der Waals surface area contributed by atoms with Crippen molar-refractivity contribution in [2.45, 2.75) is 32.9 Å². The second kappa shape index (κ2) is 8.59. The average Bonchev–Trinajstić information content (AvgIpc) is 2.40. The molecule has 0 aliphatic carbocycles. The van der Waals surface area contributed by atoms with E-state index in [0.717, 1.165) is 12.3 Å². The minimum atomic E-state index is -0.620. The Morgan fingerprint density at radius 3 is 2.63 bits per heavy atom. The Morgan fingerprint density at radius 1 is 1.26 bits per heavy atom. The molecule has 0 amide bonds. The van der Waals surface area contributed by atoms with Crippen molar-refractivity contribution >= 4 is 11.8 Å². The largest absolute Gasteiger partial charge is 0.394 e. The van der Waals surface area contributed by atoms with Crippen LogP contribution in [0.4, 0.5) is 0 Å². The lowest BCUT2D eigenvalue weighted by Crippen LogP contribution is -2.25. The van der Waals surface area contributed by atoms with Gasteiger partial charge in [-0.05, 0) is 31.5 Å². The number of hydrogen-bond acceptors (Lipinski definition) is 4. The molecule has 1 aromatic rings. The smallest absolute Gasteiger partial charge is 0.0861 e. The molecule has 19 heavy (non-hydrogen) atoms. The molecule has 0 aliphatic rings. The number of aryl methyl sites for hydroxylation is 2. The molecular weight excluding hydrogens is 258 g/mol. The molecule has 0 saturated heterocycles. The van der Waals surface area contributed by atoms with Gasteiger partial charge >= 0.3 is 0 Å². The number of benzene rings is 1. The summed E-state index contributed by atoms with van der Waals surface area (Å²) in [6.07, 6.45) is -0.620. The quantitative estimate of drug-likeness (QED) is 0.683. The summed E-state index contributed by atoms with van der Waals surface area (Å²) in [6, 6.07) is 6.80. The summed E-state index contributed by atoms with van der Waals surface area (Å²) < 4.78 is 0. The molecule has 0 aromatic heterocycles. The SMILES string of the molecule is CCNC(CSCC(O)CO)c1cc(C)ccc1C. The third kappa shape index (κ3) is 5.53. The van der Waals surface area contributed by atoms with Crippen LogP contribution in [0, 0.1) is 13.8 Å². The minimum absolute atomic E-state index is 0.164. The van der Waals surface area contributed by atoms with Crippen LogP contribution in [0.2, 0.25) is 0 Å². The van der Waals surface area contributed by atoms with Gasteiger partial charge in [0, 0.05) is 17.5 Å². The van der Waals surface area contributed by atoms with E-state index in [9.17, 15) is 5.11 Å². The van der Waals surface area contributed by atoms with E-state index >= 15 is 0 Å². The summed E-state index contributed by atoms with van der Waals surface area (Å²) in [5.41, 5.74) is 3.89. The summed E-state index contributed by atoms with van der Waals surface area (Å²) in [7, 11) is 0. The van der Waals surface area contributed by atoms with Crippen LogP contribution in [0.5, 0.6) is 0 Å². The summed E-state index contributed by atoms with van der Waals surface area (Å²) >= 11 is 1.67. The first-order valence-corrected chi connectivity index (χ1v) is 7.91. The number of nitrogens with one attached hydrogen (secondary N) is 1. The van der Waals surface area contributed by atoms with Gasteiger partial charge in [0.15, 0.2) is 0 Å². The van der Waals surface area contributed by atoms with Crippen molar-refractivity contribution in [2.24, 2.45) is 0 Å². The maximum atomic E-state index is 9.38. The van der Waals surface area contributed by atoms with E-state index < -0.39 is 6.10 Å². The van der Waals surface area contributed by atoms with Crippen LogP contribution in [0.15, 0.2) is 18.2 Å². The third-order valence-electron chi connectivity index (χ3n) is 3.07. The van der Waals surface area contributed by atoms with E-state index in [1.807, 2.05) is 0 Å². The lowest BCUT2D eigenvalue weighted by atomic mass is 10.00. The Morgan fingerprint density at radius 2 is 2.00 bits per heavy atom. The Labute approximate surface area is 120 Å². The molecule has 3 nitrogen and oxygen atoms in total. The fraction of sp³-hybridized carbons (Fsp3) is 0.600. The molecule has 0 heterocycles. The Hall–Kier alpha value is -0.550.